The van der Waals surface area contributed by atoms with E-state index in [1.54, 1.807) is 4.90 Å². The molecule has 1 N–H and O–H groups in total. The summed E-state index contributed by atoms with van der Waals surface area (Å²) in [5.41, 5.74) is 0. The number of hydrogen-bond acceptors (Lipinski definition) is 3. The molecule has 1 amide bonds. The van der Waals surface area contributed by atoms with E-state index in [1.165, 1.54) is 0 Å². The van der Waals surface area contributed by atoms with E-state index >= 15 is 0 Å². The predicted octanol–water partition coefficient (Wildman–Crippen LogP) is 0.352. The monoisotopic (exact) mass is 171 g/mol. The van der Waals surface area contributed by atoms with E-state index in [2.05, 4.69) is 0 Å². The zero-order valence-corrected chi connectivity index (χ0v) is 6.90. The smallest absolute Gasteiger partial charge is 0.410 e. The molecule has 0 aromatic heterocycles. The highest BCUT2D eigenvalue weighted by Crippen LogP contribution is 2.27. The Bertz CT molecular complexity index is 189. The third-order valence-electron chi connectivity index (χ3n) is 2.53. The van der Waals surface area contributed by atoms with Gasteiger partial charge in [-0.3, -0.25) is 0 Å². The van der Waals surface area contributed by atoms with Crippen molar-refractivity contribution < 1.29 is 14.6 Å². The van der Waals surface area contributed by atoms with E-state index in [1.807, 2.05) is 0 Å². The summed E-state index contributed by atoms with van der Waals surface area (Å²) in [5.74, 6) is 0. The third-order valence-corrected chi connectivity index (χ3v) is 2.53. The number of hydrogen-bond donors (Lipinski definition) is 1. The topological polar surface area (TPSA) is 49.8 Å². The first kappa shape index (κ1) is 7.86. The van der Waals surface area contributed by atoms with Crippen molar-refractivity contribution in [2.45, 2.75) is 31.4 Å². The number of amides is 1. The molecule has 0 bridgehead atoms. The SMILES string of the molecule is O=C1OCCCN1C1CC(O)C1. The second-order valence-electron chi connectivity index (χ2n) is 3.44. The van der Waals surface area contributed by atoms with Crippen LogP contribution >= 0.6 is 0 Å². The maximum atomic E-state index is 11.2. The minimum atomic E-state index is -0.210. The minimum absolute atomic E-state index is 0.204. The van der Waals surface area contributed by atoms with Gasteiger partial charge in [-0.1, -0.05) is 0 Å². The largest absolute Gasteiger partial charge is 0.449 e. The lowest BCUT2D eigenvalue weighted by Gasteiger charge is -2.41. The van der Waals surface area contributed by atoms with Crippen molar-refractivity contribution in [3.8, 4) is 0 Å². The highest BCUT2D eigenvalue weighted by atomic mass is 16.6. The fraction of sp³-hybridized carbons (Fsp3) is 0.875. The molecule has 2 rings (SSSR count). The second-order valence-corrected chi connectivity index (χ2v) is 3.44. The molecule has 0 radical (unpaired) electrons. The van der Waals surface area contributed by atoms with Gasteiger partial charge < -0.3 is 14.7 Å². The van der Waals surface area contributed by atoms with Crippen molar-refractivity contribution in [1.29, 1.82) is 0 Å². The van der Waals surface area contributed by atoms with Crippen molar-refractivity contribution in [3.63, 3.8) is 0 Å². The fourth-order valence-corrected chi connectivity index (χ4v) is 1.71. The summed E-state index contributed by atoms with van der Waals surface area (Å²) in [6, 6.07) is 0.229. The van der Waals surface area contributed by atoms with Gasteiger partial charge in [0.15, 0.2) is 0 Å². The van der Waals surface area contributed by atoms with E-state index in [0.29, 0.717) is 6.61 Å². The molecular weight excluding hydrogens is 158 g/mol. The summed E-state index contributed by atoms with van der Waals surface area (Å²) in [6.45, 7) is 1.33. The van der Waals surface area contributed by atoms with Gasteiger partial charge in [-0.05, 0) is 19.3 Å². The molecule has 2 aliphatic rings. The highest BCUT2D eigenvalue weighted by Gasteiger charge is 2.36. The molecule has 4 heteroatoms. The first-order chi connectivity index (χ1) is 5.77. The summed E-state index contributed by atoms with van der Waals surface area (Å²) in [6.07, 6.45) is 1.94. The van der Waals surface area contributed by atoms with Crippen LogP contribution in [0.4, 0.5) is 4.79 Å². The van der Waals surface area contributed by atoms with Gasteiger partial charge in [0, 0.05) is 12.6 Å². The zero-order valence-electron chi connectivity index (χ0n) is 6.90. The van der Waals surface area contributed by atoms with Crippen LogP contribution in [0.15, 0.2) is 0 Å². The summed E-state index contributed by atoms with van der Waals surface area (Å²) in [4.78, 5) is 12.9. The third kappa shape index (κ3) is 1.27. The number of aliphatic hydroxyl groups excluding tert-OH is 1. The van der Waals surface area contributed by atoms with Crippen molar-refractivity contribution >= 4 is 6.09 Å². The maximum absolute atomic E-state index is 11.2. The van der Waals surface area contributed by atoms with Gasteiger partial charge in [0.05, 0.1) is 12.7 Å². The summed E-state index contributed by atoms with van der Waals surface area (Å²) >= 11 is 0. The molecule has 1 saturated carbocycles. The molecule has 0 unspecified atom stereocenters. The van der Waals surface area contributed by atoms with E-state index in [-0.39, 0.29) is 18.2 Å². The second kappa shape index (κ2) is 2.94. The van der Waals surface area contributed by atoms with Crippen LogP contribution in [0.1, 0.15) is 19.3 Å². The number of aliphatic hydroxyl groups is 1. The van der Waals surface area contributed by atoms with Gasteiger partial charge >= 0.3 is 6.09 Å². The van der Waals surface area contributed by atoms with Gasteiger partial charge in [-0.25, -0.2) is 4.79 Å². The van der Waals surface area contributed by atoms with E-state index in [0.717, 1.165) is 25.8 Å². The molecule has 1 aliphatic carbocycles. The molecule has 0 atom stereocenters. The standard InChI is InChI=1S/C8H13NO3/c10-7-4-6(5-7)9-2-1-3-12-8(9)11/h6-7,10H,1-5H2. The molecule has 1 saturated heterocycles. The Balaban J connectivity index is 1.89. The molecule has 0 aromatic carbocycles. The number of cyclic esters (lactones) is 1. The number of nitrogens with zero attached hydrogens (tertiary/aromatic N) is 1. The van der Waals surface area contributed by atoms with E-state index in [9.17, 15) is 4.79 Å². The predicted molar refractivity (Wildman–Crippen MR) is 41.7 cm³/mol. The van der Waals surface area contributed by atoms with Gasteiger partial charge in [-0.15, -0.1) is 0 Å². The normalized spacial score (nSPS) is 35.8. The molecule has 1 aliphatic heterocycles. The number of ether oxygens (including phenoxy) is 1. The highest BCUT2D eigenvalue weighted by molar-refractivity contribution is 5.68. The van der Waals surface area contributed by atoms with Crippen LogP contribution in [0.5, 0.6) is 0 Å². The average molecular weight is 171 g/mol. The average Bonchev–Trinajstić information content (AvgIpc) is 2.01. The molecule has 12 heavy (non-hydrogen) atoms. The van der Waals surface area contributed by atoms with Crippen molar-refractivity contribution in [1.82, 2.24) is 4.90 Å². The van der Waals surface area contributed by atoms with Crippen LogP contribution in [0, 0.1) is 0 Å². The Morgan fingerprint density at radius 2 is 2.25 bits per heavy atom. The van der Waals surface area contributed by atoms with E-state index in [4.69, 9.17) is 9.84 Å². The van der Waals surface area contributed by atoms with Crippen LogP contribution in [0.3, 0.4) is 0 Å². The summed E-state index contributed by atoms with van der Waals surface area (Å²) < 4.78 is 4.89. The summed E-state index contributed by atoms with van der Waals surface area (Å²) in [5, 5.41) is 9.06. The van der Waals surface area contributed by atoms with Crippen LogP contribution < -0.4 is 0 Å². The van der Waals surface area contributed by atoms with Crippen LogP contribution in [-0.4, -0.2) is 41.4 Å². The lowest BCUT2D eigenvalue weighted by molar-refractivity contribution is -0.0159. The lowest BCUT2D eigenvalue weighted by Crippen LogP contribution is -2.52. The van der Waals surface area contributed by atoms with Gasteiger partial charge in [0.2, 0.25) is 0 Å². The van der Waals surface area contributed by atoms with Gasteiger partial charge in [0.1, 0.15) is 0 Å². The molecular formula is C8H13NO3. The Kier molecular flexibility index (Phi) is 1.92. The Hall–Kier alpha value is -0.770. The molecule has 0 aromatic rings. The van der Waals surface area contributed by atoms with Crippen molar-refractivity contribution in [3.05, 3.63) is 0 Å². The maximum Gasteiger partial charge on any atom is 0.410 e. The number of carbonyl (C=O) groups is 1. The van der Waals surface area contributed by atoms with Crippen LogP contribution in [-0.2, 0) is 4.74 Å². The Labute approximate surface area is 71.1 Å². The number of rotatable bonds is 1. The quantitative estimate of drug-likeness (QED) is 0.619. The first-order valence-corrected chi connectivity index (χ1v) is 4.39. The van der Waals surface area contributed by atoms with Gasteiger partial charge in [-0.2, -0.15) is 0 Å². The molecule has 1 heterocycles. The molecule has 0 spiro atoms. The zero-order chi connectivity index (χ0) is 8.55. The first-order valence-electron chi connectivity index (χ1n) is 4.39. The summed E-state index contributed by atoms with van der Waals surface area (Å²) in [7, 11) is 0. The number of carbonyl (C=O) groups excluding carboxylic acids is 1. The van der Waals surface area contributed by atoms with E-state index < -0.39 is 0 Å². The fourth-order valence-electron chi connectivity index (χ4n) is 1.71. The Morgan fingerprint density at radius 3 is 2.83 bits per heavy atom. The van der Waals surface area contributed by atoms with Gasteiger partial charge in [0.25, 0.3) is 0 Å². The van der Waals surface area contributed by atoms with Crippen LogP contribution in [0.2, 0.25) is 0 Å². The minimum Gasteiger partial charge on any atom is -0.449 e. The molecule has 68 valence electrons. The Morgan fingerprint density at radius 1 is 1.50 bits per heavy atom. The van der Waals surface area contributed by atoms with Crippen molar-refractivity contribution in [2.75, 3.05) is 13.2 Å². The van der Waals surface area contributed by atoms with Crippen molar-refractivity contribution in [2.24, 2.45) is 0 Å². The molecule has 2 fully saturated rings. The lowest BCUT2D eigenvalue weighted by atomic mass is 9.88. The van der Waals surface area contributed by atoms with Crippen LogP contribution in [0.25, 0.3) is 0 Å². The molecule has 4 nitrogen and oxygen atoms in total.